The number of esters is 1. The highest BCUT2D eigenvalue weighted by Crippen LogP contribution is 2.20. The Hall–Kier alpha value is -2.46. The summed E-state index contributed by atoms with van der Waals surface area (Å²) < 4.78 is 31.9. The lowest BCUT2D eigenvalue weighted by atomic mass is 9.98. The van der Waals surface area contributed by atoms with Crippen molar-refractivity contribution in [2.24, 2.45) is 5.92 Å². The molecule has 2 fully saturated rings. The summed E-state index contributed by atoms with van der Waals surface area (Å²) in [6, 6.07) is 8.25. The van der Waals surface area contributed by atoms with E-state index in [0.717, 1.165) is 6.42 Å². The van der Waals surface area contributed by atoms with Crippen LogP contribution in [0.3, 0.4) is 0 Å². The van der Waals surface area contributed by atoms with Crippen LogP contribution in [-0.4, -0.2) is 86.2 Å². The predicted molar refractivity (Wildman–Crippen MR) is 117 cm³/mol. The highest BCUT2D eigenvalue weighted by atomic mass is 32.2. The van der Waals surface area contributed by atoms with Crippen LogP contribution < -0.4 is 0 Å². The van der Waals surface area contributed by atoms with Gasteiger partial charge in [-0.2, -0.15) is 4.31 Å². The molecule has 9 nitrogen and oxygen atoms in total. The number of carbonyl (C=O) groups excluding carboxylic acids is 3. The summed E-state index contributed by atoms with van der Waals surface area (Å²) in [7, 11) is -3.57. The van der Waals surface area contributed by atoms with E-state index in [4.69, 9.17) is 4.74 Å². The van der Waals surface area contributed by atoms with E-state index < -0.39 is 10.0 Å². The lowest BCUT2D eigenvalue weighted by Gasteiger charge is -2.34. The van der Waals surface area contributed by atoms with E-state index in [1.165, 1.54) is 4.31 Å². The van der Waals surface area contributed by atoms with Gasteiger partial charge in [-0.15, -0.1) is 0 Å². The van der Waals surface area contributed by atoms with Crippen molar-refractivity contribution in [3.63, 3.8) is 0 Å². The molecule has 0 aliphatic carbocycles. The number of piperazine rings is 1. The molecule has 0 radical (unpaired) electrons. The third-order valence-electron chi connectivity index (χ3n) is 5.92. The summed E-state index contributed by atoms with van der Waals surface area (Å²) in [5.74, 6) is -0.876. The fraction of sp³-hybridized carbons (Fsp3) is 0.591. The van der Waals surface area contributed by atoms with Crippen LogP contribution in [0.2, 0.25) is 0 Å². The third-order valence-corrected chi connectivity index (χ3v) is 7.83. The van der Waals surface area contributed by atoms with Gasteiger partial charge in [-0.25, -0.2) is 8.42 Å². The van der Waals surface area contributed by atoms with Gasteiger partial charge in [-0.05, 0) is 31.9 Å². The zero-order valence-corrected chi connectivity index (χ0v) is 19.3. The summed E-state index contributed by atoms with van der Waals surface area (Å²) >= 11 is 0. The fourth-order valence-electron chi connectivity index (χ4n) is 4.11. The standard InChI is InChI=1S/C22H31N3O6S/c1-2-31-22(28)18-7-6-12-24(17-18)21(27)11-10-20(26)23-13-15-25(16-14-23)32(29,30)19-8-4-3-5-9-19/h3-5,8-9,18H,2,6-7,10-17H2,1H3. The molecule has 32 heavy (non-hydrogen) atoms. The summed E-state index contributed by atoms with van der Waals surface area (Å²) in [5, 5.41) is 0. The molecule has 2 aliphatic heterocycles. The number of nitrogens with zero attached hydrogens (tertiary/aromatic N) is 3. The van der Waals surface area contributed by atoms with Crippen LogP contribution in [0.1, 0.15) is 32.6 Å². The molecule has 176 valence electrons. The smallest absolute Gasteiger partial charge is 0.310 e. The zero-order valence-electron chi connectivity index (χ0n) is 18.4. The van der Waals surface area contributed by atoms with E-state index in [1.54, 1.807) is 47.1 Å². The van der Waals surface area contributed by atoms with E-state index >= 15 is 0 Å². The number of benzene rings is 1. The van der Waals surface area contributed by atoms with Crippen molar-refractivity contribution in [2.75, 3.05) is 45.9 Å². The highest BCUT2D eigenvalue weighted by Gasteiger charge is 2.32. The second-order valence-corrected chi connectivity index (χ2v) is 9.97. The first-order valence-corrected chi connectivity index (χ1v) is 12.5. The van der Waals surface area contributed by atoms with Gasteiger partial charge in [0.2, 0.25) is 21.8 Å². The van der Waals surface area contributed by atoms with Crippen LogP contribution in [0, 0.1) is 5.92 Å². The Labute approximate surface area is 189 Å². The van der Waals surface area contributed by atoms with Gasteiger partial charge in [0.25, 0.3) is 0 Å². The second kappa shape index (κ2) is 10.9. The molecule has 1 atom stereocenters. The van der Waals surface area contributed by atoms with Crippen molar-refractivity contribution < 1.29 is 27.5 Å². The minimum absolute atomic E-state index is 0.0742. The van der Waals surface area contributed by atoms with Gasteiger partial charge < -0.3 is 14.5 Å². The topological polar surface area (TPSA) is 104 Å². The quantitative estimate of drug-likeness (QED) is 0.559. The van der Waals surface area contributed by atoms with Gasteiger partial charge in [0, 0.05) is 52.1 Å². The van der Waals surface area contributed by atoms with Crippen LogP contribution in [0.5, 0.6) is 0 Å². The second-order valence-electron chi connectivity index (χ2n) is 8.03. The van der Waals surface area contributed by atoms with Crippen molar-refractivity contribution >= 4 is 27.8 Å². The molecule has 1 aromatic rings. The molecule has 3 rings (SSSR count). The van der Waals surface area contributed by atoms with E-state index in [2.05, 4.69) is 0 Å². The summed E-state index contributed by atoms with van der Waals surface area (Å²) in [5.41, 5.74) is 0. The van der Waals surface area contributed by atoms with Crippen LogP contribution >= 0.6 is 0 Å². The van der Waals surface area contributed by atoms with Crippen LogP contribution in [0.4, 0.5) is 0 Å². The van der Waals surface area contributed by atoms with Crippen molar-refractivity contribution in [2.45, 2.75) is 37.5 Å². The Morgan fingerprint density at radius 1 is 0.938 bits per heavy atom. The number of sulfonamides is 1. The SMILES string of the molecule is CCOC(=O)C1CCCN(C(=O)CCC(=O)N2CCN(S(=O)(=O)c3ccccc3)CC2)C1. The fourth-order valence-corrected chi connectivity index (χ4v) is 5.55. The van der Waals surface area contributed by atoms with Gasteiger partial charge in [0.15, 0.2) is 0 Å². The maximum Gasteiger partial charge on any atom is 0.310 e. The minimum atomic E-state index is -3.57. The molecule has 2 amide bonds. The normalized spacial score (nSPS) is 20.1. The van der Waals surface area contributed by atoms with Crippen LogP contribution in [0.25, 0.3) is 0 Å². The molecule has 1 unspecified atom stereocenters. The van der Waals surface area contributed by atoms with Gasteiger partial charge in [0.1, 0.15) is 0 Å². The number of carbonyl (C=O) groups is 3. The van der Waals surface area contributed by atoms with Gasteiger partial charge in [-0.3, -0.25) is 14.4 Å². The highest BCUT2D eigenvalue weighted by molar-refractivity contribution is 7.89. The molecule has 0 aromatic heterocycles. The Balaban J connectivity index is 1.45. The molecule has 2 aliphatic rings. The summed E-state index contributed by atoms with van der Waals surface area (Å²) in [6.45, 7) is 4.04. The lowest BCUT2D eigenvalue weighted by molar-refractivity contribution is -0.151. The average Bonchev–Trinajstić information content (AvgIpc) is 2.83. The molecule has 0 spiro atoms. The summed E-state index contributed by atoms with van der Waals surface area (Å²) in [4.78, 5) is 40.6. The third kappa shape index (κ3) is 5.86. The molecule has 2 saturated heterocycles. The Morgan fingerprint density at radius 3 is 2.19 bits per heavy atom. The maximum atomic E-state index is 12.7. The molecule has 2 heterocycles. The predicted octanol–water partition coefficient (Wildman–Crippen LogP) is 1.10. The molecule has 0 saturated carbocycles. The number of amides is 2. The zero-order chi connectivity index (χ0) is 23.1. The molecule has 1 aromatic carbocycles. The minimum Gasteiger partial charge on any atom is -0.466 e. The lowest BCUT2D eigenvalue weighted by Crippen LogP contribution is -2.50. The molecule has 10 heteroatoms. The van der Waals surface area contributed by atoms with E-state index in [1.807, 2.05) is 0 Å². The monoisotopic (exact) mass is 465 g/mol. The first-order chi connectivity index (χ1) is 15.3. The van der Waals surface area contributed by atoms with Gasteiger partial charge in [-0.1, -0.05) is 18.2 Å². The average molecular weight is 466 g/mol. The van der Waals surface area contributed by atoms with Crippen molar-refractivity contribution in [1.82, 2.24) is 14.1 Å². The molecular weight excluding hydrogens is 434 g/mol. The van der Waals surface area contributed by atoms with Crippen LogP contribution in [0.15, 0.2) is 35.2 Å². The van der Waals surface area contributed by atoms with Crippen LogP contribution in [-0.2, 0) is 29.1 Å². The van der Waals surface area contributed by atoms with E-state index in [9.17, 15) is 22.8 Å². The number of hydrogen-bond acceptors (Lipinski definition) is 6. The number of piperidine rings is 1. The first kappa shape index (κ1) is 24.2. The number of rotatable bonds is 7. The maximum absolute atomic E-state index is 12.7. The molecule has 0 N–H and O–H groups in total. The Morgan fingerprint density at radius 2 is 1.56 bits per heavy atom. The number of hydrogen-bond donors (Lipinski definition) is 0. The van der Waals surface area contributed by atoms with Gasteiger partial charge in [0.05, 0.1) is 17.4 Å². The van der Waals surface area contributed by atoms with E-state index in [0.29, 0.717) is 39.2 Å². The Kier molecular flexibility index (Phi) is 8.25. The van der Waals surface area contributed by atoms with Crippen molar-refractivity contribution in [3.05, 3.63) is 30.3 Å². The Bertz CT molecular complexity index is 913. The van der Waals surface area contributed by atoms with Crippen molar-refractivity contribution in [1.29, 1.82) is 0 Å². The van der Waals surface area contributed by atoms with Crippen molar-refractivity contribution in [3.8, 4) is 0 Å². The first-order valence-electron chi connectivity index (χ1n) is 11.1. The van der Waals surface area contributed by atoms with Gasteiger partial charge >= 0.3 is 5.97 Å². The largest absolute Gasteiger partial charge is 0.466 e. The number of ether oxygens (including phenoxy) is 1. The molecule has 0 bridgehead atoms. The summed E-state index contributed by atoms with van der Waals surface area (Å²) in [6.07, 6.45) is 1.60. The number of likely N-dealkylation sites (tertiary alicyclic amines) is 1. The van der Waals surface area contributed by atoms with E-state index in [-0.39, 0.29) is 54.5 Å². The molecular formula is C22H31N3O6S.